The van der Waals surface area contributed by atoms with Gasteiger partial charge >= 0.3 is 0 Å². The molecule has 0 aliphatic carbocycles. The van der Waals surface area contributed by atoms with Crippen LogP contribution in [-0.2, 0) is 10.2 Å². The van der Waals surface area contributed by atoms with Crippen LogP contribution < -0.4 is 25.4 Å². The maximum atomic E-state index is 11.9. The highest BCUT2D eigenvalue weighted by atomic mass is 16.5. The number of methoxy groups -OCH3 is 2. The van der Waals surface area contributed by atoms with Gasteiger partial charge in [-0.2, -0.15) is 0 Å². The predicted molar refractivity (Wildman–Crippen MR) is 130 cm³/mol. The average molecular weight is 448 g/mol. The van der Waals surface area contributed by atoms with Crippen molar-refractivity contribution in [1.82, 2.24) is 20.9 Å². The standard InChI is InChI=1S/C24H41N5O3/c1-7-12-26-22(30)16-29-13-10-19(11-14-29)28-23(25-4)27-17-24(2,3)18-8-9-20(31-5)21(15-18)32-6/h8-9,15,19H,7,10-14,16-17H2,1-6H3,(H,26,30)(H2,25,27,28). The topological polar surface area (TPSA) is 87.2 Å². The molecule has 180 valence electrons. The summed E-state index contributed by atoms with van der Waals surface area (Å²) in [7, 11) is 5.10. The number of amides is 1. The Hall–Kier alpha value is -2.48. The van der Waals surface area contributed by atoms with E-state index in [1.54, 1.807) is 21.3 Å². The van der Waals surface area contributed by atoms with Crippen LogP contribution in [0.2, 0.25) is 0 Å². The van der Waals surface area contributed by atoms with Gasteiger partial charge in [-0.25, -0.2) is 0 Å². The van der Waals surface area contributed by atoms with Gasteiger partial charge in [-0.15, -0.1) is 0 Å². The van der Waals surface area contributed by atoms with Gasteiger partial charge in [0, 0.05) is 44.7 Å². The average Bonchev–Trinajstić information content (AvgIpc) is 2.80. The zero-order valence-electron chi connectivity index (χ0n) is 20.6. The Morgan fingerprint density at radius 3 is 2.44 bits per heavy atom. The molecule has 1 aromatic carbocycles. The van der Waals surface area contributed by atoms with Gasteiger partial charge in [-0.05, 0) is 37.0 Å². The van der Waals surface area contributed by atoms with Crippen LogP contribution in [0.1, 0.15) is 45.6 Å². The highest BCUT2D eigenvalue weighted by molar-refractivity contribution is 5.80. The van der Waals surface area contributed by atoms with Crippen LogP contribution in [0.4, 0.5) is 0 Å². The molecule has 0 aromatic heterocycles. The first-order chi connectivity index (χ1) is 15.3. The van der Waals surface area contributed by atoms with Gasteiger partial charge in [-0.3, -0.25) is 14.7 Å². The molecular weight excluding hydrogens is 406 g/mol. The molecule has 0 unspecified atom stereocenters. The fraction of sp³-hybridized carbons (Fsp3) is 0.667. The lowest BCUT2D eigenvalue weighted by molar-refractivity contribution is -0.122. The van der Waals surface area contributed by atoms with Crippen LogP contribution in [-0.4, -0.2) is 76.8 Å². The summed E-state index contributed by atoms with van der Waals surface area (Å²) in [6.07, 6.45) is 2.94. The number of carbonyl (C=O) groups is 1. The van der Waals surface area contributed by atoms with Crippen molar-refractivity contribution in [1.29, 1.82) is 0 Å². The fourth-order valence-corrected chi connectivity index (χ4v) is 3.81. The fourth-order valence-electron chi connectivity index (χ4n) is 3.81. The summed E-state index contributed by atoms with van der Waals surface area (Å²) in [6.45, 7) is 10.2. The third-order valence-electron chi connectivity index (χ3n) is 5.95. The lowest BCUT2D eigenvalue weighted by Gasteiger charge is -2.33. The second-order valence-electron chi connectivity index (χ2n) is 8.92. The normalized spacial score (nSPS) is 15.9. The number of nitrogens with zero attached hydrogens (tertiary/aromatic N) is 2. The molecule has 1 fully saturated rings. The summed E-state index contributed by atoms with van der Waals surface area (Å²) in [5.74, 6) is 2.38. The van der Waals surface area contributed by atoms with Crippen LogP contribution in [0, 0.1) is 0 Å². The molecular formula is C24H41N5O3. The quantitative estimate of drug-likeness (QED) is 0.376. The third-order valence-corrected chi connectivity index (χ3v) is 5.95. The molecule has 2 rings (SSSR count). The van der Waals surface area contributed by atoms with Gasteiger partial charge in [0.15, 0.2) is 17.5 Å². The molecule has 1 saturated heterocycles. The first-order valence-corrected chi connectivity index (χ1v) is 11.5. The predicted octanol–water partition coefficient (Wildman–Crippen LogP) is 2.14. The van der Waals surface area contributed by atoms with Gasteiger partial charge in [0.2, 0.25) is 5.91 Å². The highest BCUT2D eigenvalue weighted by Gasteiger charge is 2.25. The minimum Gasteiger partial charge on any atom is -0.493 e. The molecule has 1 aliphatic rings. The number of nitrogens with one attached hydrogen (secondary N) is 3. The van der Waals surface area contributed by atoms with Gasteiger partial charge in [0.25, 0.3) is 0 Å². The Balaban J connectivity index is 1.84. The van der Waals surface area contributed by atoms with Crippen LogP contribution in [0.3, 0.4) is 0 Å². The number of rotatable bonds is 10. The number of likely N-dealkylation sites (tertiary alicyclic amines) is 1. The number of hydrogen-bond donors (Lipinski definition) is 3. The Morgan fingerprint density at radius 1 is 1.16 bits per heavy atom. The van der Waals surface area contributed by atoms with E-state index in [0.29, 0.717) is 12.6 Å². The zero-order valence-corrected chi connectivity index (χ0v) is 20.6. The summed E-state index contributed by atoms with van der Waals surface area (Å²) in [4.78, 5) is 18.6. The lowest BCUT2D eigenvalue weighted by atomic mass is 9.84. The Kier molecular flexibility index (Phi) is 10.1. The van der Waals surface area contributed by atoms with Crippen molar-refractivity contribution >= 4 is 11.9 Å². The lowest BCUT2D eigenvalue weighted by Crippen LogP contribution is -2.51. The van der Waals surface area contributed by atoms with Crippen LogP contribution in [0.5, 0.6) is 11.5 Å². The molecule has 1 heterocycles. The molecule has 1 amide bonds. The van der Waals surface area contributed by atoms with Crippen molar-refractivity contribution in [2.45, 2.75) is 51.5 Å². The van der Waals surface area contributed by atoms with E-state index in [0.717, 1.165) is 68.5 Å². The monoisotopic (exact) mass is 447 g/mol. The summed E-state index contributed by atoms with van der Waals surface area (Å²) in [5.41, 5.74) is 1.03. The minimum absolute atomic E-state index is 0.119. The van der Waals surface area contributed by atoms with E-state index in [2.05, 4.69) is 52.7 Å². The first kappa shape index (κ1) is 25.8. The molecule has 1 aliphatic heterocycles. The van der Waals surface area contributed by atoms with Gasteiger partial charge in [0.1, 0.15) is 0 Å². The van der Waals surface area contributed by atoms with Crippen LogP contribution >= 0.6 is 0 Å². The molecule has 0 bridgehead atoms. The summed E-state index contributed by atoms with van der Waals surface area (Å²) in [6, 6.07) is 6.40. The summed E-state index contributed by atoms with van der Waals surface area (Å²) < 4.78 is 10.8. The number of aliphatic imine (C=N–C) groups is 1. The molecule has 32 heavy (non-hydrogen) atoms. The van der Waals surface area contributed by atoms with Crippen molar-refractivity contribution in [2.24, 2.45) is 4.99 Å². The van der Waals surface area contributed by atoms with E-state index in [-0.39, 0.29) is 11.3 Å². The van der Waals surface area contributed by atoms with Crippen LogP contribution in [0.25, 0.3) is 0 Å². The number of benzene rings is 1. The summed E-state index contributed by atoms with van der Waals surface area (Å²) in [5, 5.41) is 9.97. The Morgan fingerprint density at radius 2 is 1.84 bits per heavy atom. The van der Waals surface area contributed by atoms with Gasteiger partial charge < -0.3 is 25.4 Å². The molecule has 0 atom stereocenters. The van der Waals surface area contributed by atoms with Gasteiger partial charge in [-0.1, -0.05) is 26.8 Å². The van der Waals surface area contributed by atoms with Crippen molar-refractivity contribution in [3.63, 3.8) is 0 Å². The van der Waals surface area contributed by atoms with E-state index >= 15 is 0 Å². The van der Waals surface area contributed by atoms with E-state index in [1.165, 1.54) is 0 Å². The molecule has 0 spiro atoms. The SMILES string of the molecule is CCCNC(=O)CN1CCC(NC(=NC)NCC(C)(C)c2ccc(OC)c(OC)c2)CC1. The molecule has 0 saturated carbocycles. The number of ether oxygens (including phenoxy) is 2. The number of hydrogen-bond acceptors (Lipinski definition) is 5. The van der Waals surface area contributed by atoms with E-state index in [4.69, 9.17) is 9.47 Å². The molecule has 1 aromatic rings. The minimum atomic E-state index is -0.133. The number of piperidine rings is 1. The van der Waals surface area contributed by atoms with Crippen LogP contribution in [0.15, 0.2) is 23.2 Å². The number of carbonyl (C=O) groups excluding carboxylic acids is 1. The van der Waals surface area contributed by atoms with Crippen molar-refractivity contribution < 1.29 is 14.3 Å². The smallest absolute Gasteiger partial charge is 0.234 e. The molecule has 0 radical (unpaired) electrons. The van der Waals surface area contributed by atoms with E-state index in [1.807, 2.05) is 12.1 Å². The molecule has 8 nitrogen and oxygen atoms in total. The summed E-state index contributed by atoms with van der Waals surface area (Å²) >= 11 is 0. The maximum Gasteiger partial charge on any atom is 0.234 e. The Bertz CT molecular complexity index is 758. The van der Waals surface area contributed by atoms with Crippen molar-refractivity contribution in [3.8, 4) is 11.5 Å². The van der Waals surface area contributed by atoms with E-state index in [9.17, 15) is 4.79 Å². The molecule has 8 heteroatoms. The second kappa shape index (κ2) is 12.5. The largest absolute Gasteiger partial charge is 0.493 e. The van der Waals surface area contributed by atoms with Crippen molar-refractivity contribution in [3.05, 3.63) is 23.8 Å². The third kappa shape index (κ3) is 7.58. The van der Waals surface area contributed by atoms with Gasteiger partial charge in [0.05, 0.1) is 20.8 Å². The molecule has 3 N–H and O–H groups in total. The second-order valence-corrected chi connectivity index (χ2v) is 8.92. The zero-order chi connectivity index (χ0) is 23.6. The van der Waals surface area contributed by atoms with E-state index < -0.39 is 0 Å². The Labute approximate surface area is 193 Å². The maximum absolute atomic E-state index is 11.9. The van der Waals surface area contributed by atoms with Crippen molar-refractivity contribution in [2.75, 3.05) is 54.0 Å². The first-order valence-electron chi connectivity index (χ1n) is 11.5. The highest BCUT2D eigenvalue weighted by Crippen LogP contribution is 2.32. The number of guanidine groups is 1.